The third-order valence-electron chi connectivity index (χ3n) is 6.49. The molecule has 1 saturated heterocycles. The third kappa shape index (κ3) is 4.91. The first-order chi connectivity index (χ1) is 16.4. The summed E-state index contributed by atoms with van der Waals surface area (Å²) in [5.41, 5.74) is 8.66. The van der Waals surface area contributed by atoms with Crippen LogP contribution in [0.1, 0.15) is 38.7 Å². The number of nitrogens with two attached hydrogens (primary N) is 1. The van der Waals surface area contributed by atoms with Crippen molar-refractivity contribution >= 4 is 34.7 Å². The lowest BCUT2D eigenvalue weighted by Gasteiger charge is -2.31. The van der Waals surface area contributed by atoms with Crippen molar-refractivity contribution in [1.82, 2.24) is 24.4 Å². The van der Waals surface area contributed by atoms with Crippen LogP contribution in [-0.4, -0.2) is 57.6 Å². The highest BCUT2D eigenvalue weighted by atomic mass is 32.2. The van der Waals surface area contributed by atoms with Crippen LogP contribution in [0.25, 0.3) is 11.2 Å². The van der Waals surface area contributed by atoms with Crippen molar-refractivity contribution in [3.63, 3.8) is 0 Å². The Labute approximate surface area is 204 Å². The molecule has 0 aliphatic carbocycles. The molecule has 1 aliphatic heterocycles. The molecule has 1 fully saturated rings. The van der Waals surface area contributed by atoms with Gasteiger partial charge < -0.3 is 24.7 Å². The standard InChI is InChI=1S/C24H32N6O3S/c1-5-17-12-18(32-3)19(33-4)13-20(17)34-24-28-21-22(25)26-14-27-23(21)30(24)11-8-16-6-9-29(10-7-16)15(2)31/h12-14,16H,5-11H2,1-4H3,(H2,25,26,27). The predicted molar refractivity (Wildman–Crippen MR) is 132 cm³/mol. The van der Waals surface area contributed by atoms with Crippen LogP contribution in [-0.2, 0) is 17.8 Å². The van der Waals surface area contributed by atoms with E-state index in [2.05, 4.69) is 21.5 Å². The Bertz CT molecular complexity index is 1170. The van der Waals surface area contributed by atoms with Gasteiger partial charge in [0, 0.05) is 31.5 Å². The SMILES string of the molecule is CCc1cc(OC)c(OC)cc1Sc1nc2c(N)ncnc2n1CCC1CCN(C(C)=O)CC1. The molecule has 34 heavy (non-hydrogen) atoms. The number of likely N-dealkylation sites (tertiary alicyclic amines) is 1. The lowest BCUT2D eigenvalue weighted by atomic mass is 9.93. The van der Waals surface area contributed by atoms with Gasteiger partial charge in [-0.2, -0.15) is 0 Å². The summed E-state index contributed by atoms with van der Waals surface area (Å²) in [6, 6.07) is 4.02. The number of hydrogen-bond donors (Lipinski definition) is 1. The monoisotopic (exact) mass is 484 g/mol. The predicted octanol–water partition coefficient (Wildman–Crippen LogP) is 3.79. The summed E-state index contributed by atoms with van der Waals surface area (Å²) >= 11 is 1.58. The number of carbonyl (C=O) groups is 1. The lowest BCUT2D eigenvalue weighted by Crippen LogP contribution is -2.37. The molecule has 9 nitrogen and oxygen atoms in total. The van der Waals surface area contributed by atoms with Crippen LogP contribution in [0.3, 0.4) is 0 Å². The molecule has 3 heterocycles. The molecule has 182 valence electrons. The molecule has 0 bridgehead atoms. The molecule has 0 radical (unpaired) electrons. The molecule has 0 saturated carbocycles. The summed E-state index contributed by atoms with van der Waals surface area (Å²) in [6.07, 6.45) is 5.35. The second kappa shape index (κ2) is 10.5. The Kier molecular flexibility index (Phi) is 7.45. The molecule has 3 aromatic rings. The van der Waals surface area contributed by atoms with E-state index in [9.17, 15) is 4.79 Å². The number of imidazole rings is 1. The summed E-state index contributed by atoms with van der Waals surface area (Å²) in [6.45, 7) is 6.18. The zero-order chi connectivity index (χ0) is 24.2. The topological polar surface area (TPSA) is 108 Å². The molecular weight excluding hydrogens is 452 g/mol. The molecule has 4 rings (SSSR count). The number of anilines is 1. The highest BCUT2D eigenvalue weighted by Gasteiger charge is 2.23. The second-order valence-electron chi connectivity index (χ2n) is 8.49. The van der Waals surface area contributed by atoms with Gasteiger partial charge in [0.2, 0.25) is 5.91 Å². The fourth-order valence-corrected chi connectivity index (χ4v) is 5.56. The van der Waals surface area contributed by atoms with E-state index in [1.807, 2.05) is 17.0 Å². The van der Waals surface area contributed by atoms with Crippen LogP contribution < -0.4 is 15.2 Å². The lowest BCUT2D eigenvalue weighted by molar-refractivity contribution is -0.130. The Morgan fingerprint density at radius 1 is 1.18 bits per heavy atom. The number of benzene rings is 1. The molecule has 1 aromatic carbocycles. The number of fused-ring (bicyclic) bond motifs is 1. The first-order valence-corrected chi connectivity index (χ1v) is 12.4. The number of aryl methyl sites for hydroxylation is 2. The van der Waals surface area contributed by atoms with Crippen molar-refractivity contribution in [2.45, 2.75) is 56.1 Å². The van der Waals surface area contributed by atoms with E-state index in [-0.39, 0.29) is 5.91 Å². The Hall–Kier alpha value is -3.01. The second-order valence-corrected chi connectivity index (χ2v) is 9.49. The van der Waals surface area contributed by atoms with Crippen molar-refractivity contribution in [2.24, 2.45) is 5.92 Å². The van der Waals surface area contributed by atoms with Crippen LogP contribution in [0.15, 0.2) is 28.5 Å². The average molecular weight is 485 g/mol. The van der Waals surface area contributed by atoms with Crippen LogP contribution in [0.5, 0.6) is 11.5 Å². The largest absolute Gasteiger partial charge is 0.493 e. The summed E-state index contributed by atoms with van der Waals surface area (Å²) in [4.78, 5) is 28.1. The van der Waals surface area contributed by atoms with Gasteiger partial charge >= 0.3 is 0 Å². The molecule has 2 aromatic heterocycles. The highest BCUT2D eigenvalue weighted by molar-refractivity contribution is 7.99. The first kappa shape index (κ1) is 24.1. The van der Waals surface area contributed by atoms with Gasteiger partial charge in [0.15, 0.2) is 33.6 Å². The molecular formula is C24H32N6O3S. The Morgan fingerprint density at radius 3 is 2.53 bits per heavy atom. The van der Waals surface area contributed by atoms with E-state index >= 15 is 0 Å². The number of rotatable bonds is 8. The minimum absolute atomic E-state index is 0.159. The normalized spacial score (nSPS) is 14.5. The fraction of sp³-hybridized carbons (Fsp3) is 0.500. The van der Waals surface area contributed by atoms with E-state index < -0.39 is 0 Å². The Morgan fingerprint density at radius 2 is 1.88 bits per heavy atom. The number of piperidine rings is 1. The average Bonchev–Trinajstić information content (AvgIpc) is 3.20. The number of amides is 1. The summed E-state index contributed by atoms with van der Waals surface area (Å²) < 4.78 is 13.2. The third-order valence-corrected chi connectivity index (χ3v) is 7.59. The maximum Gasteiger partial charge on any atom is 0.219 e. The van der Waals surface area contributed by atoms with Crippen molar-refractivity contribution in [3.8, 4) is 11.5 Å². The number of aromatic nitrogens is 4. The summed E-state index contributed by atoms with van der Waals surface area (Å²) in [5, 5.41) is 0.824. The van der Waals surface area contributed by atoms with E-state index in [1.54, 1.807) is 32.9 Å². The minimum Gasteiger partial charge on any atom is -0.493 e. The summed E-state index contributed by atoms with van der Waals surface area (Å²) in [7, 11) is 3.28. The van der Waals surface area contributed by atoms with Gasteiger partial charge in [-0.1, -0.05) is 18.7 Å². The highest BCUT2D eigenvalue weighted by Crippen LogP contribution is 2.39. The van der Waals surface area contributed by atoms with E-state index in [0.29, 0.717) is 28.8 Å². The van der Waals surface area contributed by atoms with Gasteiger partial charge in [0.05, 0.1) is 14.2 Å². The van der Waals surface area contributed by atoms with Gasteiger partial charge in [-0.05, 0) is 49.3 Å². The molecule has 0 spiro atoms. The van der Waals surface area contributed by atoms with Crippen LogP contribution in [0.4, 0.5) is 5.82 Å². The number of methoxy groups -OCH3 is 2. The van der Waals surface area contributed by atoms with Crippen LogP contribution in [0.2, 0.25) is 0 Å². The van der Waals surface area contributed by atoms with Gasteiger partial charge in [-0.15, -0.1) is 0 Å². The first-order valence-electron chi connectivity index (χ1n) is 11.6. The molecule has 2 N–H and O–H groups in total. The van der Waals surface area contributed by atoms with Crippen LogP contribution >= 0.6 is 11.8 Å². The number of carbonyl (C=O) groups excluding carboxylic acids is 1. The number of nitrogens with zero attached hydrogens (tertiary/aromatic N) is 5. The summed E-state index contributed by atoms with van der Waals surface area (Å²) in [5.74, 6) is 2.48. The minimum atomic E-state index is 0.159. The van der Waals surface area contributed by atoms with E-state index in [1.165, 1.54) is 6.33 Å². The van der Waals surface area contributed by atoms with Crippen molar-refractivity contribution < 1.29 is 14.3 Å². The van der Waals surface area contributed by atoms with Crippen molar-refractivity contribution in [1.29, 1.82) is 0 Å². The van der Waals surface area contributed by atoms with Crippen LogP contribution in [0, 0.1) is 5.92 Å². The zero-order valence-electron chi connectivity index (χ0n) is 20.2. The van der Waals surface area contributed by atoms with Gasteiger partial charge in [-0.3, -0.25) is 4.79 Å². The van der Waals surface area contributed by atoms with E-state index in [0.717, 1.165) is 66.6 Å². The van der Waals surface area contributed by atoms with Crippen molar-refractivity contribution in [3.05, 3.63) is 24.0 Å². The zero-order valence-corrected chi connectivity index (χ0v) is 21.0. The van der Waals surface area contributed by atoms with Gasteiger partial charge in [-0.25, -0.2) is 15.0 Å². The van der Waals surface area contributed by atoms with Gasteiger partial charge in [0.25, 0.3) is 0 Å². The van der Waals surface area contributed by atoms with Gasteiger partial charge in [0.1, 0.15) is 6.33 Å². The Balaban J connectivity index is 1.63. The quantitative estimate of drug-likeness (QED) is 0.514. The molecule has 1 aliphatic rings. The molecule has 10 heteroatoms. The maximum absolute atomic E-state index is 11.7. The molecule has 1 amide bonds. The maximum atomic E-state index is 11.7. The molecule has 0 atom stereocenters. The molecule has 0 unspecified atom stereocenters. The smallest absolute Gasteiger partial charge is 0.219 e. The van der Waals surface area contributed by atoms with E-state index in [4.69, 9.17) is 20.2 Å². The number of ether oxygens (including phenoxy) is 2. The number of hydrogen-bond acceptors (Lipinski definition) is 8. The van der Waals surface area contributed by atoms with Crippen molar-refractivity contribution in [2.75, 3.05) is 33.0 Å². The number of nitrogen functional groups attached to an aromatic ring is 1. The fourth-order valence-electron chi connectivity index (χ4n) is 4.43.